The molecule has 0 saturated carbocycles. The highest BCUT2D eigenvalue weighted by Crippen LogP contribution is 2.17. The summed E-state index contributed by atoms with van der Waals surface area (Å²) in [6, 6.07) is 15.7. The molecule has 0 fully saturated rings. The molecular formula is C21H20N4O4. The number of ether oxygens (including phenoxy) is 2. The molecule has 2 N–H and O–H groups in total. The standard InChI is InChI=1S/C21H20N4O4/c1-28-18-9-4-3-6-15(18)13-23-19(26)17-10-11-22-21(25-17)24-16-8-5-7-14(12-16)20(27)29-2/h3-12H,13H2,1-2H3,(H,23,26)(H,22,24,25). The Labute approximate surface area is 167 Å². The number of hydrogen-bond donors (Lipinski definition) is 2. The van der Waals surface area contributed by atoms with Crippen LogP contribution >= 0.6 is 0 Å². The van der Waals surface area contributed by atoms with E-state index in [1.807, 2.05) is 24.3 Å². The molecule has 29 heavy (non-hydrogen) atoms. The van der Waals surface area contributed by atoms with Crippen LogP contribution in [0.25, 0.3) is 0 Å². The highest BCUT2D eigenvalue weighted by atomic mass is 16.5. The summed E-state index contributed by atoms with van der Waals surface area (Å²) in [5, 5.41) is 5.80. The fourth-order valence-corrected chi connectivity index (χ4v) is 2.63. The first-order chi connectivity index (χ1) is 14.1. The molecule has 0 radical (unpaired) electrons. The van der Waals surface area contributed by atoms with Crippen molar-refractivity contribution < 1.29 is 19.1 Å². The smallest absolute Gasteiger partial charge is 0.337 e. The van der Waals surface area contributed by atoms with Crippen molar-refractivity contribution in [2.24, 2.45) is 0 Å². The number of para-hydroxylation sites is 1. The maximum absolute atomic E-state index is 12.5. The monoisotopic (exact) mass is 392 g/mol. The first-order valence-corrected chi connectivity index (χ1v) is 8.79. The SMILES string of the molecule is COC(=O)c1cccc(Nc2nccc(C(=O)NCc3ccccc3OC)n2)c1. The number of amides is 1. The number of methoxy groups -OCH3 is 2. The van der Waals surface area contributed by atoms with Crippen LogP contribution in [0.1, 0.15) is 26.4 Å². The normalized spacial score (nSPS) is 10.1. The molecule has 0 bridgehead atoms. The highest BCUT2D eigenvalue weighted by molar-refractivity contribution is 5.92. The predicted molar refractivity (Wildman–Crippen MR) is 107 cm³/mol. The third-order valence-electron chi connectivity index (χ3n) is 4.06. The zero-order valence-electron chi connectivity index (χ0n) is 16.0. The number of nitrogens with one attached hydrogen (secondary N) is 2. The van der Waals surface area contributed by atoms with E-state index >= 15 is 0 Å². The van der Waals surface area contributed by atoms with Crippen molar-refractivity contribution in [2.75, 3.05) is 19.5 Å². The Morgan fingerprint density at radius 3 is 2.66 bits per heavy atom. The van der Waals surface area contributed by atoms with Crippen LogP contribution in [-0.2, 0) is 11.3 Å². The number of rotatable bonds is 7. The Balaban J connectivity index is 1.69. The fraction of sp³-hybridized carbons (Fsp3) is 0.143. The van der Waals surface area contributed by atoms with Crippen LogP contribution in [0.3, 0.4) is 0 Å². The maximum atomic E-state index is 12.5. The van der Waals surface area contributed by atoms with Gasteiger partial charge in [-0.15, -0.1) is 0 Å². The Hall–Kier alpha value is -3.94. The van der Waals surface area contributed by atoms with E-state index in [0.29, 0.717) is 23.5 Å². The summed E-state index contributed by atoms with van der Waals surface area (Å²) < 4.78 is 10.00. The Bertz CT molecular complexity index is 1020. The molecule has 0 atom stereocenters. The number of carbonyl (C=O) groups excluding carboxylic acids is 2. The van der Waals surface area contributed by atoms with Crippen molar-refractivity contribution in [2.45, 2.75) is 6.54 Å². The summed E-state index contributed by atoms with van der Waals surface area (Å²) in [6.07, 6.45) is 1.48. The summed E-state index contributed by atoms with van der Waals surface area (Å²) in [5.41, 5.74) is 2.06. The van der Waals surface area contributed by atoms with E-state index in [-0.39, 0.29) is 17.5 Å². The Kier molecular flexibility index (Phi) is 6.36. The summed E-state index contributed by atoms with van der Waals surface area (Å²) in [6.45, 7) is 0.302. The lowest BCUT2D eigenvalue weighted by atomic mass is 10.2. The van der Waals surface area contributed by atoms with Gasteiger partial charge < -0.3 is 20.1 Å². The van der Waals surface area contributed by atoms with Crippen LogP contribution in [-0.4, -0.2) is 36.1 Å². The molecule has 0 saturated heterocycles. The molecule has 8 nitrogen and oxygen atoms in total. The Morgan fingerprint density at radius 2 is 1.86 bits per heavy atom. The molecule has 3 rings (SSSR count). The predicted octanol–water partition coefficient (Wildman–Crippen LogP) is 2.95. The zero-order valence-corrected chi connectivity index (χ0v) is 16.0. The fourth-order valence-electron chi connectivity index (χ4n) is 2.63. The van der Waals surface area contributed by atoms with Gasteiger partial charge in [-0.05, 0) is 30.3 Å². The molecule has 0 unspecified atom stereocenters. The number of nitrogens with zero attached hydrogens (tertiary/aromatic N) is 2. The number of carbonyl (C=O) groups is 2. The van der Waals surface area contributed by atoms with Crippen LogP contribution in [0.5, 0.6) is 5.75 Å². The van der Waals surface area contributed by atoms with Gasteiger partial charge in [0, 0.05) is 24.0 Å². The van der Waals surface area contributed by atoms with Crippen molar-refractivity contribution in [3.63, 3.8) is 0 Å². The van der Waals surface area contributed by atoms with Gasteiger partial charge in [0.15, 0.2) is 0 Å². The highest BCUT2D eigenvalue weighted by Gasteiger charge is 2.11. The molecule has 0 spiro atoms. The van der Waals surface area contributed by atoms with Gasteiger partial charge in [-0.1, -0.05) is 24.3 Å². The van der Waals surface area contributed by atoms with Crippen molar-refractivity contribution in [3.05, 3.63) is 77.6 Å². The number of aromatic nitrogens is 2. The minimum atomic E-state index is -0.445. The van der Waals surface area contributed by atoms with Crippen LogP contribution in [0.15, 0.2) is 60.8 Å². The second-order valence-electron chi connectivity index (χ2n) is 5.96. The third kappa shape index (κ3) is 5.07. The van der Waals surface area contributed by atoms with Gasteiger partial charge in [0.2, 0.25) is 5.95 Å². The molecule has 8 heteroatoms. The summed E-state index contributed by atoms with van der Waals surface area (Å²) >= 11 is 0. The van der Waals surface area contributed by atoms with E-state index in [1.54, 1.807) is 31.4 Å². The molecule has 148 valence electrons. The molecule has 0 aliphatic heterocycles. The number of esters is 1. The van der Waals surface area contributed by atoms with Gasteiger partial charge >= 0.3 is 5.97 Å². The van der Waals surface area contributed by atoms with Gasteiger partial charge in [0.25, 0.3) is 5.91 Å². The first-order valence-electron chi connectivity index (χ1n) is 8.79. The van der Waals surface area contributed by atoms with Crippen molar-refractivity contribution in [1.82, 2.24) is 15.3 Å². The topological polar surface area (TPSA) is 102 Å². The molecule has 3 aromatic rings. The van der Waals surface area contributed by atoms with E-state index in [1.165, 1.54) is 19.4 Å². The Morgan fingerprint density at radius 1 is 1.03 bits per heavy atom. The van der Waals surface area contributed by atoms with E-state index < -0.39 is 5.97 Å². The number of benzene rings is 2. The molecular weight excluding hydrogens is 372 g/mol. The van der Waals surface area contributed by atoms with E-state index in [9.17, 15) is 9.59 Å². The van der Waals surface area contributed by atoms with Crippen LogP contribution in [0.4, 0.5) is 11.6 Å². The third-order valence-corrected chi connectivity index (χ3v) is 4.06. The van der Waals surface area contributed by atoms with E-state index in [0.717, 1.165) is 5.56 Å². The second-order valence-corrected chi connectivity index (χ2v) is 5.96. The van der Waals surface area contributed by atoms with Crippen LogP contribution in [0, 0.1) is 0 Å². The minimum absolute atomic E-state index is 0.210. The lowest BCUT2D eigenvalue weighted by Crippen LogP contribution is -2.24. The number of anilines is 2. The molecule has 0 aliphatic rings. The van der Waals surface area contributed by atoms with Gasteiger partial charge in [-0.2, -0.15) is 0 Å². The quantitative estimate of drug-likeness (QED) is 0.596. The average molecular weight is 392 g/mol. The van der Waals surface area contributed by atoms with E-state index in [2.05, 4.69) is 20.6 Å². The largest absolute Gasteiger partial charge is 0.496 e. The zero-order chi connectivity index (χ0) is 20.6. The van der Waals surface area contributed by atoms with E-state index in [4.69, 9.17) is 9.47 Å². The van der Waals surface area contributed by atoms with Crippen LogP contribution in [0.2, 0.25) is 0 Å². The van der Waals surface area contributed by atoms with Gasteiger partial charge in [0.1, 0.15) is 11.4 Å². The molecule has 1 heterocycles. The molecule has 0 aliphatic carbocycles. The molecule has 1 aromatic heterocycles. The minimum Gasteiger partial charge on any atom is -0.496 e. The summed E-state index contributed by atoms with van der Waals surface area (Å²) in [4.78, 5) is 32.5. The first kappa shape index (κ1) is 19.8. The van der Waals surface area contributed by atoms with Gasteiger partial charge in [0.05, 0.1) is 19.8 Å². The van der Waals surface area contributed by atoms with Crippen LogP contribution < -0.4 is 15.4 Å². The average Bonchev–Trinajstić information content (AvgIpc) is 2.77. The van der Waals surface area contributed by atoms with Crippen molar-refractivity contribution >= 4 is 23.5 Å². The van der Waals surface area contributed by atoms with Gasteiger partial charge in [-0.25, -0.2) is 14.8 Å². The summed E-state index contributed by atoms with van der Waals surface area (Å²) in [5.74, 6) is 0.143. The lowest BCUT2D eigenvalue weighted by Gasteiger charge is -2.10. The lowest BCUT2D eigenvalue weighted by molar-refractivity contribution is 0.0600. The second kappa shape index (κ2) is 9.32. The maximum Gasteiger partial charge on any atom is 0.337 e. The molecule has 2 aromatic carbocycles. The molecule has 1 amide bonds. The number of hydrogen-bond acceptors (Lipinski definition) is 7. The van der Waals surface area contributed by atoms with Gasteiger partial charge in [-0.3, -0.25) is 4.79 Å². The van der Waals surface area contributed by atoms with Crippen molar-refractivity contribution in [3.8, 4) is 5.75 Å². The van der Waals surface area contributed by atoms with Crippen molar-refractivity contribution in [1.29, 1.82) is 0 Å². The summed E-state index contributed by atoms with van der Waals surface area (Å²) in [7, 11) is 2.90.